The van der Waals surface area contributed by atoms with Crippen molar-refractivity contribution in [3.05, 3.63) is 75.9 Å². The molecule has 3 rings (SSSR count). The first-order valence-electron chi connectivity index (χ1n) is 9.19. The third kappa shape index (κ3) is 4.68. The van der Waals surface area contributed by atoms with Crippen LogP contribution in [0.1, 0.15) is 28.5 Å². The lowest BCUT2D eigenvalue weighted by atomic mass is 10.1. The summed E-state index contributed by atoms with van der Waals surface area (Å²) in [5.74, 6) is -1.14. The highest BCUT2D eigenvalue weighted by atomic mass is 35.5. The van der Waals surface area contributed by atoms with Crippen LogP contribution in [-0.2, 0) is 6.42 Å². The van der Waals surface area contributed by atoms with Gasteiger partial charge in [0.15, 0.2) is 0 Å². The fourth-order valence-electron chi connectivity index (χ4n) is 2.93. The van der Waals surface area contributed by atoms with E-state index in [1.807, 2.05) is 6.92 Å². The average Bonchev–Trinajstić information content (AvgIpc) is 2.73. The number of carbonyl (C=O) groups excluding carboxylic acids is 1. The Balaban J connectivity index is 1.97. The minimum absolute atomic E-state index is 0.128. The number of hydrogen-bond donors (Lipinski definition) is 2. The largest absolute Gasteiger partial charge is 0.481 e. The molecule has 2 N–H and O–H groups in total. The zero-order chi connectivity index (χ0) is 21.8. The fourth-order valence-corrected chi connectivity index (χ4v) is 3.10. The second-order valence-electron chi connectivity index (χ2n) is 6.53. The van der Waals surface area contributed by atoms with Crippen LogP contribution < -0.4 is 15.4 Å². The topological polar surface area (TPSA) is 63.2 Å². The summed E-state index contributed by atoms with van der Waals surface area (Å²) in [5, 5.41) is 5.59. The Morgan fingerprint density at radius 1 is 1.10 bits per heavy atom. The van der Waals surface area contributed by atoms with Crippen LogP contribution in [0.2, 0.25) is 5.02 Å². The number of halogens is 3. The first-order chi connectivity index (χ1) is 14.3. The van der Waals surface area contributed by atoms with Gasteiger partial charge in [0.05, 0.1) is 34.8 Å². The number of aryl methyl sites for hydroxylation is 2. The van der Waals surface area contributed by atoms with Gasteiger partial charge in [0, 0.05) is 11.8 Å². The summed E-state index contributed by atoms with van der Waals surface area (Å²) in [6.45, 7) is 3.59. The van der Waals surface area contributed by atoms with E-state index in [0.717, 1.165) is 6.07 Å². The van der Waals surface area contributed by atoms with Crippen molar-refractivity contribution in [1.29, 1.82) is 0 Å². The molecule has 0 saturated carbocycles. The summed E-state index contributed by atoms with van der Waals surface area (Å²) in [7, 11) is 1.50. The Kier molecular flexibility index (Phi) is 6.52. The maximum Gasteiger partial charge on any atom is 0.257 e. The van der Waals surface area contributed by atoms with E-state index >= 15 is 0 Å². The molecule has 0 fully saturated rings. The molecule has 0 radical (unpaired) electrons. The highest BCUT2D eigenvalue weighted by molar-refractivity contribution is 6.31. The second kappa shape index (κ2) is 9.09. The van der Waals surface area contributed by atoms with Gasteiger partial charge >= 0.3 is 0 Å². The highest BCUT2D eigenvalue weighted by Crippen LogP contribution is 2.30. The number of nitrogens with one attached hydrogen (secondary N) is 2. The first-order valence-corrected chi connectivity index (χ1v) is 9.57. The summed E-state index contributed by atoms with van der Waals surface area (Å²) in [6.07, 6.45) is 0.550. The Morgan fingerprint density at radius 3 is 2.50 bits per heavy atom. The number of hydrogen-bond acceptors (Lipinski definition) is 4. The van der Waals surface area contributed by atoms with Crippen molar-refractivity contribution in [2.24, 2.45) is 0 Å². The Hall–Kier alpha value is -3.19. The van der Waals surface area contributed by atoms with E-state index in [-0.39, 0.29) is 22.1 Å². The van der Waals surface area contributed by atoms with Crippen molar-refractivity contribution in [3.63, 3.8) is 0 Å². The number of aromatic nitrogens is 1. The number of ether oxygens (including phenoxy) is 1. The molecule has 3 aromatic rings. The van der Waals surface area contributed by atoms with Crippen LogP contribution in [0.3, 0.4) is 0 Å². The fraction of sp³-hybridized carbons (Fsp3) is 0.182. The molecule has 2 aromatic carbocycles. The molecule has 0 aliphatic heterocycles. The standard InChI is InChI=1S/C22H20ClF2N3O2/c1-4-13-9-14(24)5-6-19(13)27-20-11-17(25)16(23)10-15(20)22(29)28-18-7-8-21(30-3)26-12(18)2/h5-11,27H,4H2,1-3H3,(H,28,29). The van der Waals surface area contributed by atoms with Gasteiger partial charge in [0.1, 0.15) is 11.6 Å². The van der Waals surface area contributed by atoms with Crippen LogP contribution in [0, 0.1) is 18.6 Å². The van der Waals surface area contributed by atoms with Gasteiger partial charge in [-0.3, -0.25) is 4.79 Å². The van der Waals surface area contributed by atoms with Crippen LogP contribution >= 0.6 is 11.6 Å². The zero-order valence-corrected chi connectivity index (χ0v) is 17.4. The van der Waals surface area contributed by atoms with Crippen molar-refractivity contribution in [3.8, 4) is 5.88 Å². The first kappa shape index (κ1) is 21.5. The number of benzene rings is 2. The van der Waals surface area contributed by atoms with Crippen molar-refractivity contribution in [2.75, 3.05) is 17.7 Å². The number of rotatable bonds is 6. The van der Waals surface area contributed by atoms with Crippen LogP contribution in [0.15, 0.2) is 42.5 Å². The molecule has 0 spiro atoms. The predicted octanol–water partition coefficient (Wildman–Crippen LogP) is 5.89. The average molecular weight is 432 g/mol. The lowest BCUT2D eigenvalue weighted by Gasteiger charge is -2.16. The van der Waals surface area contributed by atoms with Gasteiger partial charge in [-0.15, -0.1) is 0 Å². The monoisotopic (exact) mass is 431 g/mol. The molecule has 8 heteroatoms. The quantitative estimate of drug-likeness (QED) is 0.511. The Morgan fingerprint density at radius 2 is 1.83 bits per heavy atom. The van der Waals surface area contributed by atoms with Gasteiger partial charge < -0.3 is 15.4 Å². The molecule has 5 nitrogen and oxygen atoms in total. The minimum Gasteiger partial charge on any atom is -0.481 e. The third-order valence-corrected chi connectivity index (χ3v) is 4.83. The smallest absolute Gasteiger partial charge is 0.257 e. The lowest BCUT2D eigenvalue weighted by molar-refractivity contribution is 0.102. The molecule has 0 bridgehead atoms. The number of anilines is 3. The summed E-state index contributed by atoms with van der Waals surface area (Å²) in [4.78, 5) is 17.2. The Labute approximate surface area is 178 Å². The second-order valence-corrected chi connectivity index (χ2v) is 6.94. The molecule has 156 valence electrons. The predicted molar refractivity (Wildman–Crippen MR) is 114 cm³/mol. The van der Waals surface area contributed by atoms with Gasteiger partial charge in [-0.2, -0.15) is 0 Å². The molecule has 1 amide bonds. The number of nitrogens with zero attached hydrogens (tertiary/aromatic N) is 1. The van der Waals surface area contributed by atoms with E-state index in [1.54, 1.807) is 25.1 Å². The maximum absolute atomic E-state index is 14.2. The zero-order valence-electron chi connectivity index (χ0n) is 16.6. The molecule has 0 saturated heterocycles. The van der Waals surface area contributed by atoms with Gasteiger partial charge in [0.25, 0.3) is 5.91 Å². The molecule has 1 heterocycles. The van der Waals surface area contributed by atoms with Crippen molar-refractivity contribution in [1.82, 2.24) is 4.98 Å². The molecule has 0 atom stereocenters. The number of methoxy groups -OCH3 is 1. The Bertz CT molecular complexity index is 1110. The van der Waals surface area contributed by atoms with E-state index in [1.165, 1.54) is 25.3 Å². The summed E-state index contributed by atoms with van der Waals surface area (Å²) >= 11 is 5.92. The normalized spacial score (nSPS) is 10.6. The van der Waals surface area contributed by atoms with Crippen molar-refractivity contribution in [2.45, 2.75) is 20.3 Å². The molecule has 0 aliphatic carbocycles. The van der Waals surface area contributed by atoms with Gasteiger partial charge in [-0.25, -0.2) is 13.8 Å². The van der Waals surface area contributed by atoms with Gasteiger partial charge in [-0.05, 0) is 55.3 Å². The highest BCUT2D eigenvalue weighted by Gasteiger charge is 2.18. The molecule has 30 heavy (non-hydrogen) atoms. The third-order valence-electron chi connectivity index (χ3n) is 4.54. The summed E-state index contributed by atoms with van der Waals surface area (Å²) in [6, 6.07) is 9.88. The molecular weight excluding hydrogens is 412 g/mol. The number of pyridine rings is 1. The van der Waals surface area contributed by atoms with Crippen molar-refractivity contribution < 1.29 is 18.3 Å². The lowest BCUT2D eigenvalue weighted by Crippen LogP contribution is -2.16. The summed E-state index contributed by atoms with van der Waals surface area (Å²) < 4.78 is 32.8. The van der Waals surface area contributed by atoms with Crippen LogP contribution in [0.25, 0.3) is 0 Å². The molecule has 0 unspecified atom stereocenters. The number of carbonyl (C=O) groups is 1. The van der Waals surface area contributed by atoms with Gasteiger partial charge in [-0.1, -0.05) is 18.5 Å². The molecule has 1 aromatic heterocycles. The van der Waals surface area contributed by atoms with E-state index in [0.29, 0.717) is 34.9 Å². The minimum atomic E-state index is -0.682. The van der Waals surface area contributed by atoms with E-state index < -0.39 is 11.7 Å². The molecule has 0 aliphatic rings. The van der Waals surface area contributed by atoms with E-state index in [2.05, 4.69) is 15.6 Å². The SMILES string of the molecule is CCc1cc(F)ccc1Nc1cc(F)c(Cl)cc1C(=O)Nc1ccc(OC)nc1C. The van der Waals surface area contributed by atoms with Crippen LogP contribution in [0.5, 0.6) is 5.88 Å². The maximum atomic E-state index is 14.2. The summed E-state index contributed by atoms with van der Waals surface area (Å²) in [5.41, 5.74) is 2.61. The van der Waals surface area contributed by atoms with Gasteiger partial charge in [0.2, 0.25) is 5.88 Å². The van der Waals surface area contributed by atoms with Crippen LogP contribution in [-0.4, -0.2) is 18.0 Å². The van der Waals surface area contributed by atoms with Crippen molar-refractivity contribution >= 4 is 34.6 Å². The van der Waals surface area contributed by atoms with Crippen LogP contribution in [0.4, 0.5) is 25.8 Å². The van der Waals surface area contributed by atoms with E-state index in [4.69, 9.17) is 16.3 Å². The number of amides is 1. The molecular formula is C22H20ClF2N3O2. The van der Waals surface area contributed by atoms with E-state index in [9.17, 15) is 13.6 Å².